The molecule has 1 amide bonds. The second-order valence-corrected chi connectivity index (χ2v) is 6.11. The normalized spacial score (nSPS) is 23.1. The van der Waals surface area contributed by atoms with E-state index in [2.05, 4.69) is 15.2 Å². The predicted molar refractivity (Wildman–Crippen MR) is 98.9 cm³/mol. The summed E-state index contributed by atoms with van der Waals surface area (Å²) in [7, 11) is 0. The highest BCUT2D eigenvalue weighted by Crippen LogP contribution is 2.24. The summed E-state index contributed by atoms with van der Waals surface area (Å²) in [6.07, 6.45) is 4.50. The topological polar surface area (TPSA) is 80.5 Å². The Labute approximate surface area is 155 Å². The fourth-order valence-electron chi connectivity index (χ4n) is 3.09. The van der Waals surface area contributed by atoms with Crippen molar-refractivity contribution in [2.24, 2.45) is 11.7 Å². The molecule has 2 fully saturated rings. The maximum absolute atomic E-state index is 12.1. The van der Waals surface area contributed by atoms with Gasteiger partial charge in [-0.15, -0.1) is 24.8 Å². The molecule has 0 radical (unpaired) electrons. The smallest absolute Gasteiger partial charge is 0.223 e. The van der Waals surface area contributed by atoms with Crippen molar-refractivity contribution in [2.45, 2.75) is 31.8 Å². The van der Waals surface area contributed by atoms with E-state index in [1.54, 1.807) is 0 Å². The summed E-state index contributed by atoms with van der Waals surface area (Å²) in [5.41, 5.74) is 6.88. The van der Waals surface area contributed by atoms with Gasteiger partial charge >= 0.3 is 0 Å². The molecule has 1 saturated heterocycles. The van der Waals surface area contributed by atoms with E-state index in [9.17, 15) is 4.79 Å². The first-order valence-electron chi connectivity index (χ1n) is 8.03. The Morgan fingerprint density at radius 1 is 1.29 bits per heavy atom. The number of halogens is 2. The van der Waals surface area contributed by atoms with Gasteiger partial charge in [0, 0.05) is 37.8 Å². The number of nitrogens with two attached hydrogens (primary N) is 1. The largest absolute Gasteiger partial charge is 0.378 e. The number of morpholine rings is 1. The number of carbonyl (C=O) groups excluding carboxylic acids is 1. The van der Waals surface area contributed by atoms with Gasteiger partial charge in [0.25, 0.3) is 0 Å². The molecule has 0 spiro atoms. The van der Waals surface area contributed by atoms with E-state index in [0.29, 0.717) is 6.54 Å². The number of nitrogens with one attached hydrogen (secondary N) is 1. The Kier molecular flexibility index (Phi) is 8.76. The summed E-state index contributed by atoms with van der Waals surface area (Å²) in [6.45, 7) is 3.79. The van der Waals surface area contributed by atoms with E-state index in [0.717, 1.165) is 56.9 Å². The zero-order valence-electron chi connectivity index (χ0n) is 13.6. The average Bonchev–Trinajstić information content (AvgIpc) is 3.00. The van der Waals surface area contributed by atoms with Crippen molar-refractivity contribution in [1.82, 2.24) is 10.3 Å². The number of hydrogen-bond acceptors (Lipinski definition) is 5. The van der Waals surface area contributed by atoms with Gasteiger partial charge in [-0.05, 0) is 30.9 Å². The van der Waals surface area contributed by atoms with Crippen LogP contribution in [0.25, 0.3) is 0 Å². The first-order valence-corrected chi connectivity index (χ1v) is 8.03. The van der Waals surface area contributed by atoms with Gasteiger partial charge in [-0.25, -0.2) is 4.98 Å². The highest BCUT2D eigenvalue weighted by Gasteiger charge is 2.27. The molecule has 8 heteroatoms. The van der Waals surface area contributed by atoms with Crippen molar-refractivity contribution in [3.8, 4) is 0 Å². The molecule has 1 aliphatic heterocycles. The molecule has 136 valence electrons. The van der Waals surface area contributed by atoms with Crippen LogP contribution in [0.4, 0.5) is 5.82 Å². The lowest BCUT2D eigenvalue weighted by atomic mass is 10.1. The van der Waals surface area contributed by atoms with Crippen molar-refractivity contribution >= 4 is 36.5 Å². The molecule has 1 aromatic heterocycles. The Morgan fingerprint density at radius 2 is 2.04 bits per heavy atom. The maximum Gasteiger partial charge on any atom is 0.223 e. The molecule has 2 heterocycles. The van der Waals surface area contributed by atoms with Crippen LogP contribution in [0.15, 0.2) is 18.3 Å². The van der Waals surface area contributed by atoms with E-state index in [4.69, 9.17) is 10.5 Å². The highest BCUT2D eigenvalue weighted by molar-refractivity contribution is 5.85. The quantitative estimate of drug-likeness (QED) is 0.832. The Hall–Kier alpha value is -1.08. The monoisotopic (exact) mass is 376 g/mol. The molecule has 3 N–H and O–H groups in total. The number of carbonyl (C=O) groups is 1. The molecule has 1 aliphatic carbocycles. The third kappa shape index (κ3) is 5.48. The van der Waals surface area contributed by atoms with Crippen LogP contribution in [-0.2, 0) is 16.1 Å². The van der Waals surface area contributed by atoms with Crippen LogP contribution in [0.5, 0.6) is 0 Å². The van der Waals surface area contributed by atoms with E-state index in [-0.39, 0.29) is 42.7 Å². The maximum atomic E-state index is 12.1. The van der Waals surface area contributed by atoms with Crippen molar-refractivity contribution < 1.29 is 9.53 Å². The third-order valence-electron chi connectivity index (χ3n) is 4.45. The first kappa shape index (κ1) is 21.0. The van der Waals surface area contributed by atoms with E-state index >= 15 is 0 Å². The van der Waals surface area contributed by atoms with Crippen LogP contribution in [0, 0.1) is 5.92 Å². The van der Waals surface area contributed by atoms with Crippen LogP contribution in [0.2, 0.25) is 0 Å². The Bertz CT molecular complexity index is 509. The molecule has 0 aromatic carbocycles. The van der Waals surface area contributed by atoms with Crippen LogP contribution >= 0.6 is 24.8 Å². The molecule has 2 aliphatic rings. The molecule has 2 atom stereocenters. The van der Waals surface area contributed by atoms with Crippen LogP contribution in [-0.4, -0.2) is 43.2 Å². The van der Waals surface area contributed by atoms with Crippen molar-refractivity contribution in [3.05, 3.63) is 23.9 Å². The Morgan fingerprint density at radius 3 is 2.62 bits per heavy atom. The lowest BCUT2D eigenvalue weighted by Gasteiger charge is -2.27. The number of rotatable bonds is 4. The number of anilines is 1. The van der Waals surface area contributed by atoms with E-state index < -0.39 is 0 Å². The minimum Gasteiger partial charge on any atom is -0.378 e. The molecular weight excluding hydrogens is 351 g/mol. The number of amides is 1. The predicted octanol–water partition coefficient (Wildman–Crippen LogP) is 1.51. The molecule has 24 heavy (non-hydrogen) atoms. The summed E-state index contributed by atoms with van der Waals surface area (Å²) in [5, 5.41) is 2.99. The summed E-state index contributed by atoms with van der Waals surface area (Å²) in [5.74, 6) is 1.17. The fraction of sp³-hybridized carbons (Fsp3) is 0.625. The van der Waals surface area contributed by atoms with Gasteiger partial charge in [0.15, 0.2) is 0 Å². The Balaban J connectivity index is 0.00000144. The molecule has 2 unspecified atom stereocenters. The van der Waals surface area contributed by atoms with Gasteiger partial charge in [-0.3, -0.25) is 4.79 Å². The lowest BCUT2D eigenvalue weighted by Crippen LogP contribution is -2.36. The van der Waals surface area contributed by atoms with E-state index in [1.807, 2.05) is 18.3 Å². The van der Waals surface area contributed by atoms with Crippen LogP contribution < -0.4 is 16.0 Å². The standard InChI is InChI=1S/C16H24N4O2.2ClH/c17-14-3-2-13(9-14)16(21)19-11-12-1-4-15(18-10-12)20-5-7-22-8-6-20;;/h1,4,10,13-14H,2-3,5-9,11,17H2,(H,19,21);2*1H. The number of hydrogen-bond donors (Lipinski definition) is 2. The minimum atomic E-state index is 0. The summed E-state index contributed by atoms with van der Waals surface area (Å²) in [6, 6.07) is 4.22. The fourth-order valence-corrected chi connectivity index (χ4v) is 3.09. The van der Waals surface area contributed by atoms with Gasteiger partial charge in [-0.1, -0.05) is 6.07 Å². The molecule has 0 bridgehead atoms. The van der Waals surface area contributed by atoms with Gasteiger partial charge in [0.1, 0.15) is 5.82 Å². The second kappa shape index (κ2) is 10.0. The van der Waals surface area contributed by atoms with Crippen molar-refractivity contribution in [1.29, 1.82) is 0 Å². The molecule has 3 rings (SSSR count). The summed E-state index contributed by atoms with van der Waals surface area (Å²) < 4.78 is 5.34. The zero-order chi connectivity index (χ0) is 15.4. The number of ether oxygens (including phenoxy) is 1. The number of aromatic nitrogens is 1. The molecule has 6 nitrogen and oxygen atoms in total. The molecule has 1 aromatic rings. The first-order chi connectivity index (χ1) is 10.7. The molecular formula is C16H26Cl2N4O2. The second-order valence-electron chi connectivity index (χ2n) is 6.11. The van der Waals surface area contributed by atoms with Crippen molar-refractivity contribution in [3.63, 3.8) is 0 Å². The number of nitrogens with zero attached hydrogens (tertiary/aromatic N) is 2. The van der Waals surface area contributed by atoms with Gasteiger partial charge in [0.05, 0.1) is 13.2 Å². The summed E-state index contributed by atoms with van der Waals surface area (Å²) in [4.78, 5) is 18.8. The lowest BCUT2D eigenvalue weighted by molar-refractivity contribution is -0.125. The van der Waals surface area contributed by atoms with Gasteiger partial charge in [-0.2, -0.15) is 0 Å². The van der Waals surface area contributed by atoms with Crippen LogP contribution in [0.1, 0.15) is 24.8 Å². The number of pyridine rings is 1. The summed E-state index contributed by atoms with van der Waals surface area (Å²) >= 11 is 0. The van der Waals surface area contributed by atoms with Gasteiger partial charge < -0.3 is 20.7 Å². The van der Waals surface area contributed by atoms with Crippen molar-refractivity contribution in [2.75, 3.05) is 31.2 Å². The molecule has 1 saturated carbocycles. The highest BCUT2D eigenvalue weighted by atomic mass is 35.5. The SMILES string of the molecule is Cl.Cl.NC1CCC(C(=O)NCc2ccc(N3CCOCC3)nc2)C1. The zero-order valence-corrected chi connectivity index (χ0v) is 15.3. The van der Waals surface area contributed by atoms with Gasteiger partial charge in [0.2, 0.25) is 5.91 Å². The van der Waals surface area contributed by atoms with E-state index in [1.165, 1.54) is 0 Å². The third-order valence-corrected chi connectivity index (χ3v) is 4.45. The average molecular weight is 377 g/mol. The van der Waals surface area contributed by atoms with Crippen LogP contribution in [0.3, 0.4) is 0 Å². The minimum absolute atomic E-state index is 0.